The normalized spacial score (nSPS) is 11.2. The molecule has 0 unspecified atom stereocenters. The van der Waals surface area contributed by atoms with E-state index >= 15 is 0 Å². The highest BCUT2D eigenvalue weighted by Crippen LogP contribution is 2.28. The average Bonchev–Trinajstić information content (AvgIpc) is 3.15. The molecule has 0 spiro atoms. The van der Waals surface area contributed by atoms with Crippen LogP contribution in [0.2, 0.25) is 0 Å². The van der Waals surface area contributed by atoms with Gasteiger partial charge in [0.05, 0.1) is 24.7 Å². The molecule has 1 heterocycles. The first-order valence-electron chi connectivity index (χ1n) is 11.0. The van der Waals surface area contributed by atoms with E-state index in [1.807, 2.05) is 42.5 Å². The van der Waals surface area contributed by atoms with Crippen LogP contribution in [-0.2, 0) is 13.2 Å². The summed E-state index contributed by atoms with van der Waals surface area (Å²) in [4.78, 5) is 4.84. The Morgan fingerprint density at radius 3 is 2.53 bits per heavy atom. The van der Waals surface area contributed by atoms with Crippen molar-refractivity contribution in [3.8, 4) is 17.2 Å². The Morgan fingerprint density at radius 1 is 0.906 bits per heavy atom. The molecule has 0 N–H and O–H groups in total. The highest BCUT2D eigenvalue weighted by molar-refractivity contribution is 5.75. The minimum atomic E-state index is 0.390. The Morgan fingerprint density at radius 2 is 1.72 bits per heavy atom. The molecule has 0 radical (unpaired) electrons. The van der Waals surface area contributed by atoms with E-state index in [4.69, 9.17) is 19.2 Å². The van der Waals surface area contributed by atoms with Crippen LogP contribution in [0, 0.1) is 6.92 Å². The molecule has 0 saturated heterocycles. The van der Waals surface area contributed by atoms with E-state index in [1.54, 1.807) is 7.11 Å². The zero-order valence-corrected chi connectivity index (χ0v) is 19.2. The largest absolute Gasteiger partial charge is 0.497 e. The van der Waals surface area contributed by atoms with Gasteiger partial charge in [0.2, 0.25) is 0 Å². The Kier molecular flexibility index (Phi) is 6.64. The molecule has 0 amide bonds. The minimum absolute atomic E-state index is 0.390. The molecule has 4 rings (SSSR count). The van der Waals surface area contributed by atoms with E-state index in [2.05, 4.69) is 49.6 Å². The number of aryl methyl sites for hydroxylation is 1. The molecule has 5 heteroatoms. The number of benzene rings is 3. The molecular formula is C27H30N2O3. The zero-order valence-electron chi connectivity index (χ0n) is 19.2. The van der Waals surface area contributed by atoms with E-state index in [-0.39, 0.29) is 0 Å². The van der Waals surface area contributed by atoms with Crippen molar-refractivity contribution in [1.29, 1.82) is 0 Å². The van der Waals surface area contributed by atoms with E-state index in [0.29, 0.717) is 25.7 Å². The third-order valence-electron chi connectivity index (χ3n) is 5.51. The summed E-state index contributed by atoms with van der Waals surface area (Å²) in [7, 11) is 1.65. The van der Waals surface area contributed by atoms with Gasteiger partial charge in [0.25, 0.3) is 0 Å². The smallest absolute Gasteiger partial charge is 0.148 e. The summed E-state index contributed by atoms with van der Waals surface area (Å²) in [5.41, 5.74) is 4.43. The fourth-order valence-electron chi connectivity index (χ4n) is 3.82. The third-order valence-corrected chi connectivity index (χ3v) is 5.51. The van der Waals surface area contributed by atoms with Crippen molar-refractivity contribution < 1.29 is 14.2 Å². The first-order chi connectivity index (χ1) is 15.5. The second kappa shape index (κ2) is 9.77. The van der Waals surface area contributed by atoms with Gasteiger partial charge < -0.3 is 18.8 Å². The van der Waals surface area contributed by atoms with Gasteiger partial charge in [0, 0.05) is 6.07 Å². The average molecular weight is 431 g/mol. The van der Waals surface area contributed by atoms with E-state index < -0.39 is 0 Å². The van der Waals surface area contributed by atoms with Crippen LogP contribution in [0.25, 0.3) is 11.0 Å². The van der Waals surface area contributed by atoms with Gasteiger partial charge >= 0.3 is 0 Å². The lowest BCUT2D eigenvalue weighted by atomic mass is 10.0. The molecule has 166 valence electrons. The number of rotatable bonds is 9. The van der Waals surface area contributed by atoms with Gasteiger partial charge in [-0.1, -0.05) is 44.2 Å². The second-order valence-electron chi connectivity index (χ2n) is 8.18. The topological polar surface area (TPSA) is 45.5 Å². The number of aromatic nitrogens is 2. The number of fused-ring (bicyclic) bond motifs is 1. The molecule has 1 aromatic heterocycles. The van der Waals surface area contributed by atoms with Crippen LogP contribution in [0.3, 0.4) is 0 Å². The van der Waals surface area contributed by atoms with Crippen molar-refractivity contribution in [3.63, 3.8) is 0 Å². The number of hydrogen-bond donors (Lipinski definition) is 0. The standard InChI is InChI=1S/C27H30N2O3/c1-19(2)23-13-12-20(3)16-26(23)32-18-27-28-24-10-5-6-11-25(24)29(27)14-15-31-22-9-7-8-21(17-22)30-4/h5-13,16-17,19H,14-15,18H2,1-4H3. The van der Waals surface area contributed by atoms with Crippen molar-refractivity contribution in [2.45, 2.75) is 39.8 Å². The SMILES string of the molecule is COc1cccc(OCCn2c(COc3cc(C)ccc3C(C)C)nc3ccccc32)c1. The number of nitrogens with zero attached hydrogens (tertiary/aromatic N) is 2. The fourth-order valence-corrected chi connectivity index (χ4v) is 3.82. The first kappa shape index (κ1) is 21.8. The van der Waals surface area contributed by atoms with Crippen molar-refractivity contribution in [2.24, 2.45) is 0 Å². The maximum Gasteiger partial charge on any atom is 0.148 e. The monoisotopic (exact) mass is 430 g/mol. The molecule has 0 aliphatic carbocycles. The van der Waals surface area contributed by atoms with Crippen LogP contribution < -0.4 is 14.2 Å². The molecule has 3 aromatic carbocycles. The van der Waals surface area contributed by atoms with Crippen molar-refractivity contribution in [3.05, 3.63) is 83.7 Å². The van der Waals surface area contributed by atoms with Crippen LogP contribution in [0.15, 0.2) is 66.7 Å². The quantitative estimate of drug-likeness (QED) is 0.320. The molecule has 4 aromatic rings. The number of imidazole rings is 1. The van der Waals surface area contributed by atoms with Crippen LogP contribution in [0.1, 0.15) is 36.7 Å². The van der Waals surface area contributed by atoms with E-state index in [9.17, 15) is 0 Å². The van der Waals surface area contributed by atoms with Crippen LogP contribution in [0.4, 0.5) is 0 Å². The number of methoxy groups -OCH3 is 1. The Balaban J connectivity index is 1.53. The minimum Gasteiger partial charge on any atom is -0.497 e. The summed E-state index contributed by atoms with van der Waals surface area (Å²) in [6.45, 7) is 8.04. The second-order valence-corrected chi connectivity index (χ2v) is 8.18. The molecule has 32 heavy (non-hydrogen) atoms. The molecule has 0 aliphatic rings. The first-order valence-corrected chi connectivity index (χ1v) is 11.0. The van der Waals surface area contributed by atoms with Crippen molar-refractivity contribution in [2.75, 3.05) is 13.7 Å². The highest BCUT2D eigenvalue weighted by atomic mass is 16.5. The predicted octanol–water partition coefficient (Wildman–Crippen LogP) is 6.13. The highest BCUT2D eigenvalue weighted by Gasteiger charge is 2.14. The van der Waals surface area contributed by atoms with E-state index in [0.717, 1.165) is 34.1 Å². The zero-order chi connectivity index (χ0) is 22.5. The lowest BCUT2D eigenvalue weighted by Gasteiger charge is -2.16. The van der Waals surface area contributed by atoms with Gasteiger partial charge in [0.1, 0.15) is 36.3 Å². The van der Waals surface area contributed by atoms with Crippen LogP contribution in [0.5, 0.6) is 17.2 Å². The van der Waals surface area contributed by atoms with Crippen molar-refractivity contribution in [1.82, 2.24) is 9.55 Å². The summed E-state index contributed by atoms with van der Waals surface area (Å²) >= 11 is 0. The summed E-state index contributed by atoms with van der Waals surface area (Å²) in [5, 5.41) is 0. The molecule has 0 aliphatic heterocycles. The summed E-state index contributed by atoms with van der Waals surface area (Å²) < 4.78 is 19.7. The van der Waals surface area contributed by atoms with Gasteiger partial charge in [-0.25, -0.2) is 4.98 Å². The molecule has 0 fully saturated rings. The number of ether oxygens (including phenoxy) is 3. The van der Waals surface area contributed by atoms with E-state index in [1.165, 1.54) is 11.1 Å². The van der Waals surface area contributed by atoms with Gasteiger partial charge in [-0.15, -0.1) is 0 Å². The lowest BCUT2D eigenvalue weighted by Crippen LogP contribution is -2.13. The van der Waals surface area contributed by atoms with Gasteiger partial charge in [0.15, 0.2) is 0 Å². The van der Waals surface area contributed by atoms with Gasteiger partial charge in [-0.3, -0.25) is 0 Å². The van der Waals surface area contributed by atoms with Crippen molar-refractivity contribution >= 4 is 11.0 Å². The Labute approximate surface area is 189 Å². The molecule has 0 atom stereocenters. The number of hydrogen-bond acceptors (Lipinski definition) is 4. The predicted molar refractivity (Wildman–Crippen MR) is 128 cm³/mol. The lowest BCUT2D eigenvalue weighted by molar-refractivity contribution is 0.269. The van der Waals surface area contributed by atoms with Crippen LogP contribution >= 0.6 is 0 Å². The third kappa shape index (κ3) is 4.88. The Hall–Kier alpha value is -3.47. The molecule has 0 saturated carbocycles. The molecule has 0 bridgehead atoms. The summed E-state index contributed by atoms with van der Waals surface area (Å²) in [6.07, 6.45) is 0. The van der Waals surface area contributed by atoms with Gasteiger partial charge in [-0.05, 0) is 54.3 Å². The summed E-state index contributed by atoms with van der Waals surface area (Å²) in [6, 6.07) is 22.2. The van der Waals surface area contributed by atoms with Gasteiger partial charge in [-0.2, -0.15) is 0 Å². The van der Waals surface area contributed by atoms with Crippen LogP contribution in [-0.4, -0.2) is 23.3 Å². The maximum atomic E-state index is 6.29. The fraction of sp³-hybridized carbons (Fsp3) is 0.296. The maximum absolute atomic E-state index is 6.29. The molecule has 5 nitrogen and oxygen atoms in total. The summed E-state index contributed by atoms with van der Waals surface area (Å²) in [5.74, 6) is 3.76. The molecular weight excluding hydrogens is 400 g/mol. The number of para-hydroxylation sites is 2. The Bertz CT molecular complexity index is 1200.